The molecule has 0 bridgehead atoms. The van der Waals surface area contributed by atoms with E-state index in [0.29, 0.717) is 20.6 Å². The standard InChI is InChI=1S/C20H13Cl3N2O/c21-12-5-8-14(9-6-12)25-19(15-10-7-13(22)11-17(15)23)24-18-4-2-1-3-16(18)20(25)26/h1-11,19,24H/t19-/m1/s1. The van der Waals surface area contributed by atoms with E-state index in [1.807, 2.05) is 36.4 Å². The average Bonchev–Trinajstić information content (AvgIpc) is 2.63. The van der Waals surface area contributed by atoms with Gasteiger partial charge in [0.2, 0.25) is 0 Å². The molecule has 0 saturated heterocycles. The van der Waals surface area contributed by atoms with Crippen molar-refractivity contribution >= 4 is 52.1 Å². The molecule has 1 atom stereocenters. The fourth-order valence-electron chi connectivity index (χ4n) is 3.06. The number of hydrogen-bond donors (Lipinski definition) is 1. The van der Waals surface area contributed by atoms with Gasteiger partial charge >= 0.3 is 0 Å². The normalized spacial score (nSPS) is 16.2. The van der Waals surface area contributed by atoms with Gasteiger partial charge in [-0.05, 0) is 48.5 Å². The molecule has 130 valence electrons. The summed E-state index contributed by atoms with van der Waals surface area (Å²) in [6.07, 6.45) is -0.469. The highest BCUT2D eigenvalue weighted by atomic mass is 35.5. The number of carbonyl (C=O) groups excluding carboxylic acids is 1. The summed E-state index contributed by atoms with van der Waals surface area (Å²) < 4.78 is 0. The third kappa shape index (κ3) is 3.03. The maximum absolute atomic E-state index is 13.2. The molecule has 0 saturated carbocycles. The minimum absolute atomic E-state index is 0.113. The monoisotopic (exact) mass is 402 g/mol. The van der Waals surface area contributed by atoms with Crippen molar-refractivity contribution in [3.05, 3.63) is 92.9 Å². The lowest BCUT2D eigenvalue weighted by Gasteiger charge is -2.38. The molecule has 0 aromatic heterocycles. The second kappa shape index (κ2) is 6.84. The summed E-state index contributed by atoms with van der Waals surface area (Å²) in [6.45, 7) is 0. The number of hydrogen-bond acceptors (Lipinski definition) is 2. The van der Waals surface area contributed by atoms with Crippen LogP contribution in [-0.4, -0.2) is 5.91 Å². The van der Waals surface area contributed by atoms with Gasteiger partial charge in [0, 0.05) is 32.0 Å². The molecule has 4 rings (SSSR count). The lowest BCUT2D eigenvalue weighted by molar-refractivity contribution is 0.0975. The Labute approximate surface area is 166 Å². The summed E-state index contributed by atoms with van der Waals surface area (Å²) in [5.74, 6) is -0.113. The van der Waals surface area contributed by atoms with E-state index in [-0.39, 0.29) is 5.91 Å². The number of anilines is 2. The first-order chi connectivity index (χ1) is 12.5. The summed E-state index contributed by atoms with van der Waals surface area (Å²) in [5, 5.41) is 5.04. The molecule has 1 N–H and O–H groups in total. The van der Waals surface area contributed by atoms with Crippen molar-refractivity contribution < 1.29 is 4.79 Å². The fourth-order valence-corrected chi connectivity index (χ4v) is 3.70. The van der Waals surface area contributed by atoms with Gasteiger partial charge in [0.15, 0.2) is 0 Å². The van der Waals surface area contributed by atoms with E-state index in [4.69, 9.17) is 34.8 Å². The molecule has 3 nitrogen and oxygen atoms in total. The van der Waals surface area contributed by atoms with Crippen LogP contribution in [0.5, 0.6) is 0 Å². The molecule has 0 aliphatic carbocycles. The molecule has 1 aliphatic rings. The van der Waals surface area contributed by atoms with Crippen molar-refractivity contribution in [2.24, 2.45) is 0 Å². The first kappa shape index (κ1) is 17.2. The highest BCUT2D eigenvalue weighted by molar-refractivity contribution is 6.35. The maximum atomic E-state index is 13.2. The van der Waals surface area contributed by atoms with Crippen LogP contribution in [0.4, 0.5) is 11.4 Å². The smallest absolute Gasteiger partial charge is 0.262 e. The number of nitrogens with zero attached hydrogens (tertiary/aromatic N) is 1. The Hall–Kier alpha value is -2.20. The lowest BCUT2D eigenvalue weighted by atomic mass is 10.0. The Bertz CT molecular complexity index is 989. The largest absolute Gasteiger partial charge is 0.360 e. The van der Waals surface area contributed by atoms with E-state index in [1.165, 1.54) is 0 Å². The number of carbonyl (C=O) groups is 1. The summed E-state index contributed by atoms with van der Waals surface area (Å²) in [6, 6.07) is 19.8. The van der Waals surface area contributed by atoms with Crippen LogP contribution in [-0.2, 0) is 0 Å². The van der Waals surface area contributed by atoms with Gasteiger partial charge in [0.1, 0.15) is 6.17 Å². The van der Waals surface area contributed by atoms with E-state index < -0.39 is 6.17 Å². The zero-order chi connectivity index (χ0) is 18.3. The van der Waals surface area contributed by atoms with Crippen LogP contribution in [0.1, 0.15) is 22.1 Å². The van der Waals surface area contributed by atoms with Crippen LogP contribution in [0.2, 0.25) is 15.1 Å². The minimum atomic E-state index is -0.469. The number of benzene rings is 3. The van der Waals surface area contributed by atoms with Gasteiger partial charge in [-0.25, -0.2) is 0 Å². The van der Waals surface area contributed by atoms with Crippen LogP contribution in [0.25, 0.3) is 0 Å². The highest BCUT2D eigenvalue weighted by Gasteiger charge is 2.34. The summed E-state index contributed by atoms with van der Waals surface area (Å²) in [4.78, 5) is 14.9. The topological polar surface area (TPSA) is 32.3 Å². The highest BCUT2D eigenvalue weighted by Crippen LogP contribution is 2.39. The van der Waals surface area contributed by atoms with Crippen molar-refractivity contribution in [3.63, 3.8) is 0 Å². The molecule has 26 heavy (non-hydrogen) atoms. The third-order valence-electron chi connectivity index (χ3n) is 4.29. The van der Waals surface area contributed by atoms with Crippen molar-refractivity contribution in [1.29, 1.82) is 0 Å². The predicted molar refractivity (Wildman–Crippen MR) is 108 cm³/mol. The molecule has 0 radical (unpaired) electrons. The number of fused-ring (bicyclic) bond motifs is 1. The first-order valence-electron chi connectivity index (χ1n) is 7.94. The Balaban J connectivity index is 1.88. The molecule has 1 aliphatic heterocycles. The molecule has 1 heterocycles. The molecule has 0 unspecified atom stereocenters. The molecule has 0 spiro atoms. The number of nitrogens with one attached hydrogen (secondary N) is 1. The first-order valence-corrected chi connectivity index (χ1v) is 9.07. The minimum Gasteiger partial charge on any atom is -0.360 e. The van der Waals surface area contributed by atoms with Gasteiger partial charge in [0.05, 0.1) is 5.56 Å². The van der Waals surface area contributed by atoms with E-state index in [0.717, 1.165) is 16.9 Å². The Morgan fingerprint density at radius 2 is 1.54 bits per heavy atom. The van der Waals surface area contributed by atoms with Gasteiger partial charge in [-0.15, -0.1) is 0 Å². The van der Waals surface area contributed by atoms with Crippen molar-refractivity contribution in [3.8, 4) is 0 Å². The van der Waals surface area contributed by atoms with Gasteiger partial charge in [-0.2, -0.15) is 0 Å². The quantitative estimate of drug-likeness (QED) is 0.535. The lowest BCUT2D eigenvalue weighted by Crippen LogP contribution is -2.43. The Kier molecular flexibility index (Phi) is 4.53. The molecule has 3 aromatic carbocycles. The Morgan fingerprint density at radius 1 is 0.846 bits per heavy atom. The van der Waals surface area contributed by atoms with Crippen LogP contribution in [0, 0.1) is 0 Å². The maximum Gasteiger partial charge on any atom is 0.262 e. The Morgan fingerprint density at radius 3 is 2.27 bits per heavy atom. The fraction of sp³-hybridized carbons (Fsp3) is 0.0500. The molecular weight excluding hydrogens is 391 g/mol. The summed E-state index contributed by atoms with van der Waals surface area (Å²) in [5.41, 5.74) is 2.84. The van der Waals surface area contributed by atoms with E-state index in [2.05, 4.69) is 5.32 Å². The zero-order valence-corrected chi connectivity index (χ0v) is 15.7. The predicted octanol–water partition coefficient (Wildman–Crippen LogP) is 6.42. The molecule has 6 heteroatoms. The molecule has 3 aromatic rings. The summed E-state index contributed by atoms with van der Waals surface area (Å²) in [7, 11) is 0. The van der Waals surface area contributed by atoms with Crippen LogP contribution in [0.15, 0.2) is 66.7 Å². The van der Waals surface area contributed by atoms with Crippen molar-refractivity contribution in [2.75, 3.05) is 10.2 Å². The molecular formula is C20H13Cl3N2O. The van der Waals surface area contributed by atoms with Crippen LogP contribution in [0.3, 0.4) is 0 Å². The SMILES string of the molecule is O=C1c2ccccc2N[C@@H](c2ccc(Cl)cc2Cl)N1c1ccc(Cl)cc1. The van der Waals surface area contributed by atoms with Crippen LogP contribution < -0.4 is 10.2 Å². The van der Waals surface area contributed by atoms with Gasteiger partial charge < -0.3 is 5.32 Å². The van der Waals surface area contributed by atoms with Crippen molar-refractivity contribution in [1.82, 2.24) is 0 Å². The van der Waals surface area contributed by atoms with E-state index in [9.17, 15) is 4.79 Å². The van der Waals surface area contributed by atoms with Crippen molar-refractivity contribution in [2.45, 2.75) is 6.17 Å². The second-order valence-electron chi connectivity index (χ2n) is 5.91. The zero-order valence-electron chi connectivity index (χ0n) is 13.4. The van der Waals surface area contributed by atoms with E-state index >= 15 is 0 Å². The number of rotatable bonds is 2. The third-order valence-corrected chi connectivity index (χ3v) is 5.10. The van der Waals surface area contributed by atoms with Gasteiger partial charge in [-0.1, -0.05) is 53.0 Å². The average molecular weight is 404 g/mol. The number of amides is 1. The molecule has 1 amide bonds. The molecule has 0 fully saturated rings. The van der Waals surface area contributed by atoms with Gasteiger partial charge in [0.25, 0.3) is 5.91 Å². The van der Waals surface area contributed by atoms with Gasteiger partial charge in [-0.3, -0.25) is 9.69 Å². The second-order valence-corrected chi connectivity index (χ2v) is 7.19. The summed E-state index contributed by atoms with van der Waals surface area (Å²) >= 11 is 18.5. The number of para-hydroxylation sites is 1. The van der Waals surface area contributed by atoms with E-state index in [1.54, 1.807) is 35.2 Å². The van der Waals surface area contributed by atoms with Crippen LogP contribution >= 0.6 is 34.8 Å². The number of halogens is 3.